The first-order valence-electron chi connectivity index (χ1n) is 8.04. The smallest absolute Gasteiger partial charge is 0.233 e. The third kappa shape index (κ3) is 4.11. The molecule has 0 saturated carbocycles. The number of rotatable bonds is 5. The number of carbonyl (C=O) groups excluding carboxylic acids is 1. The van der Waals surface area contributed by atoms with Crippen molar-refractivity contribution in [1.82, 2.24) is 5.32 Å². The summed E-state index contributed by atoms with van der Waals surface area (Å²) in [5.41, 5.74) is 1.21. The highest BCUT2D eigenvalue weighted by Crippen LogP contribution is 2.25. The van der Waals surface area contributed by atoms with Crippen molar-refractivity contribution < 1.29 is 13.2 Å². The number of carbonyl (C=O) groups is 1. The molecule has 0 unspecified atom stereocenters. The molecule has 4 nitrogen and oxygen atoms in total. The molecule has 0 radical (unpaired) electrons. The van der Waals surface area contributed by atoms with Crippen molar-refractivity contribution in [2.75, 3.05) is 11.5 Å². The number of hydrogen-bond donors (Lipinski definition) is 1. The second-order valence-electron chi connectivity index (χ2n) is 6.20. The molecule has 128 valence electrons. The number of hydrogen-bond acceptors (Lipinski definition) is 4. The maximum Gasteiger partial charge on any atom is 0.233 e. The predicted molar refractivity (Wildman–Crippen MR) is 99.9 cm³/mol. The number of benzene rings is 2. The van der Waals surface area contributed by atoms with Crippen molar-refractivity contribution in [3.63, 3.8) is 0 Å². The van der Waals surface area contributed by atoms with Crippen LogP contribution in [0.25, 0.3) is 10.8 Å². The Morgan fingerprint density at radius 2 is 2.00 bits per heavy atom. The molecule has 2 aromatic rings. The number of fused-ring (bicyclic) bond motifs is 1. The number of nitrogens with one attached hydrogen (secondary N) is 1. The van der Waals surface area contributed by atoms with Gasteiger partial charge in [0.1, 0.15) is 0 Å². The van der Waals surface area contributed by atoms with Gasteiger partial charge in [0.05, 0.1) is 16.8 Å². The SMILES string of the molecule is C[C@@H](SCc1cccc2ccccc12)C(=O)N[C@H]1CCS(=O)(=O)C1. The van der Waals surface area contributed by atoms with Crippen LogP contribution in [-0.2, 0) is 20.4 Å². The lowest BCUT2D eigenvalue weighted by Crippen LogP contribution is -2.40. The van der Waals surface area contributed by atoms with Crippen LogP contribution in [0.4, 0.5) is 0 Å². The molecular formula is C18H21NO3S2. The fraction of sp³-hybridized carbons (Fsp3) is 0.389. The monoisotopic (exact) mass is 363 g/mol. The van der Waals surface area contributed by atoms with Crippen molar-refractivity contribution in [2.45, 2.75) is 30.4 Å². The Kier molecular flexibility index (Phi) is 5.15. The average Bonchev–Trinajstić information content (AvgIpc) is 2.91. The lowest BCUT2D eigenvalue weighted by Gasteiger charge is -2.16. The summed E-state index contributed by atoms with van der Waals surface area (Å²) in [6.45, 7) is 1.87. The molecule has 1 N–H and O–H groups in total. The largest absolute Gasteiger partial charge is 0.351 e. The molecule has 0 aromatic heterocycles. The highest BCUT2D eigenvalue weighted by molar-refractivity contribution is 7.99. The Morgan fingerprint density at radius 3 is 2.75 bits per heavy atom. The standard InChI is InChI=1S/C18H21NO3S2/c1-13(18(20)19-16-9-10-24(21,22)12-16)23-11-15-7-4-6-14-5-2-3-8-17(14)15/h2-8,13,16H,9-12H2,1H3,(H,19,20)/t13-,16+/m1/s1. The van der Waals surface area contributed by atoms with Gasteiger partial charge in [-0.1, -0.05) is 42.5 Å². The van der Waals surface area contributed by atoms with Gasteiger partial charge in [0.2, 0.25) is 5.91 Å². The van der Waals surface area contributed by atoms with Crippen molar-refractivity contribution in [1.29, 1.82) is 0 Å². The molecule has 1 aliphatic rings. The summed E-state index contributed by atoms with van der Waals surface area (Å²) in [5.74, 6) is 0.913. The van der Waals surface area contributed by atoms with Gasteiger partial charge < -0.3 is 5.32 Å². The van der Waals surface area contributed by atoms with Gasteiger partial charge in [-0.05, 0) is 29.7 Å². The van der Waals surface area contributed by atoms with E-state index in [9.17, 15) is 13.2 Å². The topological polar surface area (TPSA) is 63.2 Å². The average molecular weight is 364 g/mol. The summed E-state index contributed by atoms with van der Waals surface area (Å²) in [5, 5.41) is 5.06. The zero-order valence-corrected chi connectivity index (χ0v) is 15.2. The Balaban J connectivity index is 1.58. The van der Waals surface area contributed by atoms with Gasteiger partial charge in [0, 0.05) is 11.8 Å². The molecule has 1 fully saturated rings. The zero-order chi connectivity index (χ0) is 17.2. The van der Waals surface area contributed by atoms with Gasteiger partial charge in [-0.15, -0.1) is 11.8 Å². The summed E-state index contributed by atoms with van der Waals surface area (Å²) in [6, 6.07) is 14.2. The number of sulfone groups is 1. The van der Waals surface area contributed by atoms with Crippen molar-refractivity contribution in [3.05, 3.63) is 48.0 Å². The Morgan fingerprint density at radius 1 is 1.25 bits per heavy atom. The van der Waals surface area contributed by atoms with E-state index in [1.165, 1.54) is 16.3 Å². The van der Waals surface area contributed by atoms with Crippen molar-refractivity contribution in [3.8, 4) is 0 Å². The fourth-order valence-electron chi connectivity index (χ4n) is 2.94. The molecule has 1 saturated heterocycles. The minimum atomic E-state index is -2.97. The van der Waals surface area contributed by atoms with Crippen LogP contribution in [0.3, 0.4) is 0 Å². The normalized spacial score (nSPS) is 20.8. The Hall–Kier alpha value is -1.53. The van der Waals surface area contributed by atoms with Gasteiger partial charge in [-0.3, -0.25) is 4.79 Å². The van der Waals surface area contributed by atoms with Crippen LogP contribution in [0, 0.1) is 0 Å². The second-order valence-corrected chi connectivity index (χ2v) is 9.76. The zero-order valence-electron chi connectivity index (χ0n) is 13.6. The Bertz CT molecular complexity index is 843. The van der Waals surface area contributed by atoms with Crippen LogP contribution < -0.4 is 5.32 Å². The molecule has 1 heterocycles. The molecule has 0 spiro atoms. The Labute approximate surface area is 146 Å². The quantitative estimate of drug-likeness (QED) is 0.887. The molecule has 6 heteroatoms. The second kappa shape index (κ2) is 7.15. The van der Waals surface area contributed by atoms with E-state index in [1.54, 1.807) is 11.8 Å². The maximum absolute atomic E-state index is 12.3. The molecule has 2 aromatic carbocycles. The summed E-state index contributed by atoms with van der Waals surface area (Å²) >= 11 is 1.57. The van der Waals surface area contributed by atoms with Gasteiger partial charge in [0.25, 0.3) is 0 Å². The molecule has 0 aliphatic carbocycles. The molecular weight excluding hydrogens is 342 g/mol. The molecule has 3 rings (SSSR count). The van der Waals surface area contributed by atoms with E-state index in [1.807, 2.05) is 25.1 Å². The summed E-state index contributed by atoms with van der Waals surface area (Å²) < 4.78 is 22.9. The molecule has 1 aliphatic heterocycles. The van der Waals surface area contributed by atoms with Crippen LogP contribution in [0.5, 0.6) is 0 Å². The van der Waals surface area contributed by atoms with Gasteiger partial charge in [0.15, 0.2) is 9.84 Å². The third-order valence-corrected chi connectivity index (χ3v) is 7.28. The minimum absolute atomic E-state index is 0.0689. The first-order chi connectivity index (χ1) is 11.4. The van der Waals surface area contributed by atoms with E-state index >= 15 is 0 Å². The molecule has 1 amide bonds. The van der Waals surface area contributed by atoms with Crippen LogP contribution in [0.2, 0.25) is 0 Å². The van der Waals surface area contributed by atoms with Gasteiger partial charge in [-0.2, -0.15) is 0 Å². The van der Waals surface area contributed by atoms with E-state index in [-0.39, 0.29) is 28.7 Å². The van der Waals surface area contributed by atoms with Crippen LogP contribution in [-0.4, -0.2) is 37.1 Å². The van der Waals surface area contributed by atoms with E-state index < -0.39 is 9.84 Å². The fourth-order valence-corrected chi connectivity index (χ4v) is 5.51. The maximum atomic E-state index is 12.3. The van der Waals surface area contributed by atoms with Crippen molar-refractivity contribution >= 4 is 38.3 Å². The van der Waals surface area contributed by atoms with Gasteiger partial charge in [-0.25, -0.2) is 8.42 Å². The number of amides is 1. The van der Waals surface area contributed by atoms with E-state index in [4.69, 9.17) is 0 Å². The summed E-state index contributed by atoms with van der Waals surface area (Å²) in [4.78, 5) is 12.3. The molecule has 0 bridgehead atoms. The lowest BCUT2D eigenvalue weighted by molar-refractivity contribution is -0.120. The first-order valence-corrected chi connectivity index (χ1v) is 10.9. The van der Waals surface area contributed by atoms with Crippen molar-refractivity contribution in [2.24, 2.45) is 0 Å². The number of thioether (sulfide) groups is 1. The van der Waals surface area contributed by atoms with Crippen LogP contribution in [0.1, 0.15) is 18.9 Å². The molecule has 24 heavy (non-hydrogen) atoms. The predicted octanol–water partition coefficient (Wildman–Crippen LogP) is 2.76. The van der Waals surface area contributed by atoms with E-state index in [0.29, 0.717) is 6.42 Å². The summed E-state index contributed by atoms with van der Waals surface area (Å²) in [7, 11) is -2.97. The lowest BCUT2D eigenvalue weighted by atomic mass is 10.1. The highest BCUT2D eigenvalue weighted by atomic mass is 32.2. The van der Waals surface area contributed by atoms with Crippen LogP contribution >= 0.6 is 11.8 Å². The summed E-state index contributed by atoms with van der Waals surface area (Å²) in [6.07, 6.45) is 0.523. The first kappa shape index (κ1) is 17.3. The van der Waals surface area contributed by atoms with Gasteiger partial charge >= 0.3 is 0 Å². The highest BCUT2D eigenvalue weighted by Gasteiger charge is 2.29. The van der Waals surface area contributed by atoms with Crippen LogP contribution in [0.15, 0.2) is 42.5 Å². The van der Waals surface area contributed by atoms with E-state index in [2.05, 4.69) is 29.6 Å². The molecule has 2 atom stereocenters. The third-order valence-electron chi connectivity index (χ3n) is 4.32. The minimum Gasteiger partial charge on any atom is -0.351 e. The van der Waals surface area contributed by atoms with E-state index in [0.717, 1.165) is 5.75 Å².